The highest BCUT2D eigenvalue weighted by Crippen LogP contribution is 2.27. The zero-order valence-corrected chi connectivity index (χ0v) is 15.7. The number of pyridine rings is 1. The van der Waals surface area contributed by atoms with E-state index in [0.29, 0.717) is 9.80 Å². The van der Waals surface area contributed by atoms with Crippen LogP contribution in [0.15, 0.2) is 18.5 Å². The number of rotatable bonds is 6. The van der Waals surface area contributed by atoms with E-state index in [4.69, 9.17) is 0 Å². The van der Waals surface area contributed by atoms with Gasteiger partial charge in [0, 0.05) is 25.5 Å². The first-order chi connectivity index (χ1) is 12.8. The maximum atomic E-state index is 12.9. The average molecular weight is 413 g/mol. The zero-order valence-electron chi connectivity index (χ0n) is 15.7. The van der Waals surface area contributed by atoms with E-state index in [0.717, 1.165) is 32.3 Å². The molecule has 0 aliphatic carbocycles. The van der Waals surface area contributed by atoms with Crippen LogP contribution in [0.5, 0.6) is 0 Å². The molecule has 0 aliphatic rings. The Labute approximate surface area is 158 Å². The average Bonchev–Trinajstić information content (AvgIpc) is 2.61. The fourth-order valence-electron chi connectivity index (χ4n) is 2.55. The maximum absolute atomic E-state index is 12.9. The molecule has 2 amide bonds. The van der Waals surface area contributed by atoms with Gasteiger partial charge in [-0.1, -0.05) is 0 Å². The third-order valence-electron chi connectivity index (χ3n) is 4.32. The molecule has 0 fully saturated rings. The summed E-state index contributed by atoms with van der Waals surface area (Å²) in [5.74, 6) is -2.05. The molecule has 2 unspecified atom stereocenters. The molecule has 0 saturated carbocycles. The van der Waals surface area contributed by atoms with Crippen molar-refractivity contribution < 1.29 is 35.9 Å². The molecule has 5 nitrogen and oxygen atoms in total. The Kier molecular flexibility index (Phi) is 7.44. The standard InChI is InChI=1S/C17H21F6N3O2/c1-5-25(10(3)16(18,19)20)14(27)12-7-13(9-24-8-12)15(28)26(6-2)11(4)17(21,22)23/h7-11H,5-6H2,1-4H3. The molecule has 1 aromatic heterocycles. The summed E-state index contributed by atoms with van der Waals surface area (Å²) in [6, 6.07) is -3.21. The molecule has 0 spiro atoms. The smallest absolute Gasteiger partial charge is 0.327 e. The van der Waals surface area contributed by atoms with Crippen LogP contribution in [-0.2, 0) is 0 Å². The van der Waals surface area contributed by atoms with Crippen molar-refractivity contribution in [3.63, 3.8) is 0 Å². The van der Waals surface area contributed by atoms with Gasteiger partial charge in [-0.3, -0.25) is 14.6 Å². The number of hydrogen-bond donors (Lipinski definition) is 0. The second kappa shape index (κ2) is 8.78. The molecule has 0 radical (unpaired) electrons. The highest BCUT2D eigenvalue weighted by Gasteiger charge is 2.43. The molecule has 0 aromatic carbocycles. The van der Waals surface area contributed by atoms with Crippen LogP contribution in [0.1, 0.15) is 48.4 Å². The number of aromatic nitrogens is 1. The fraction of sp³-hybridized carbons (Fsp3) is 0.588. The van der Waals surface area contributed by atoms with Crippen LogP contribution in [0.25, 0.3) is 0 Å². The van der Waals surface area contributed by atoms with Crippen molar-refractivity contribution in [2.75, 3.05) is 13.1 Å². The minimum atomic E-state index is -4.66. The first-order valence-electron chi connectivity index (χ1n) is 8.46. The number of alkyl halides is 6. The Morgan fingerprint density at radius 2 is 1.18 bits per heavy atom. The van der Waals surface area contributed by atoms with E-state index in [-0.39, 0.29) is 24.2 Å². The first-order valence-corrected chi connectivity index (χ1v) is 8.46. The summed E-state index contributed by atoms with van der Waals surface area (Å²) < 4.78 is 77.7. The predicted molar refractivity (Wildman–Crippen MR) is 88.7 cm³/mol. The Hall–Kier alpha value is -2.33. The second-order valence-electron chi connectivity index (χ2n) is 6.08. The van der Waals surface area contributed by atoms with Gasteiger partial charge in [-0.2, -0.15) is 26.3 Å². The molecule has 0 aliphatic heterocycles. The molecule has 2 atom stereocenters. The summed E-state index contributed by atoms with van der Waals surface area (Å²) in [7, 11) is 0. The van der Waals surface area contributed by atoms with E-state index in [1.165, 1.54) is 13.8 Å². The van der Waals surface area contributed by atoms with Crippen molar-refractivity contribution in [3.8, 4) is 0 Å². The number of hydrogen-bond acceptors (Lipinski definition) is 3. The van der Waals surface area contributed by atoms with Gasteiger partial charge in [-0.25, -0.2) is 0 Å². The molecule has 28 heavy (non-hydrogen) atoms. The summed E-state index contributed by atoms with van der Waals surface area (Å²) in [5.41, 5.74) is -0.640. The topological polar surface area (TPSA) is 53.5 Å². The van der Waals surface area contributed by atoms with Gasteiger partial charge < -0.3 is 9.80 Å². The highest BCUT2D eigenvalue weighted by atomic mass is 19.4. The van der Waals surface area contributed by atoms with Gasteiger partial charge in [0.2, 0.25) is 0 Å². The lowest BCUT2D eigenvalue weighted by atomic mass is 10.1. The summed E-state index contributed by atoms with van der Waals surface area (Å²) in [6.07, 6.45) is -7.38. The van der Waals surface area contributed by atoms with Crippen LogP contribution < -0.4 is 0 Å². The van der Waals surface area contributed by atoms with Gasteiger partial charge >= 0.3 is 12.4 Å². The molecule has 0 saturated heterocycles. The lowest BCUT2D eigenvalue weighted by Gasteiger charge is -2.30. The van der Waals surface area contributed by atoms with E-state index < -0.39 is 36.3 Å². The van der Waals surface area contributed by atoms with Gasteiger partial charge in [0.1, 0.15) is 12.1 Å². The van der Waals surface area contributed by atoms with Crippen molar-refractivity contribution in [2.45, 2.75) is 52.1 Å². The SMILES string of the molecule is CCN(C(=O)c1cncc(C(=O)N(CC)C(C)C(F)(F)F)c1)C(C)C(F)(F)F. The van der Waals surface area contributed by atoms with Crippen molar-refractivity contribution in [2.24, 2.45) is 0 Å². The normalized spacial score (nSPS) is 14.4. The monoisotopic (exact) mass is 413 g/mol. The number of carbonyl (C=O) groups excluding carboxylic acids is 2. The van der Waals surface area contributed by atoms with Gasteiger partial charge in [0.05, 0.1) is 11.1 Å². The minimum Gasteiger partial charge on any atom is -0.327 e. The molecule has 0 bridgehead atoms. The van der Waals surface area contributed by atoms with E-state index >= 15 is 0 Å². The molecular formula is C17H21F6N3O2. The Morgan fingerprint density at radius 1 is 0.857 bits per heavy atom. The molecular weight excluding hydrogens is 392 g/mol. The Bertz CT molecular complexity index is 650. The zero-order chi connectivity index (χ0) is 21.9. The van der Waals surface area contributed by atoms with Crippen LogP contribution in [0.2, 0.25) is 0 Å². The van der Waals surface area contributed by atoms with E-state index in [9.17, 15) is 35.9 Å². The second-order valence-corrected chi connectivity index (χ2v) is 6.08. The lowest BCUT2D eigenvalue weighted by molar-refractivity contribution is -0.171. The summed E-state index contributed by atoms with van der Waals surface area (Å²) in [5, 5.41) is 0. The summed E-state index contributed by atoms with van der Waals surface area (Å²) >= 11 is 0. The molecule has 1 aromatic rings. The quantitative estimate of drug-likeness (QED) is 0.665. The van der Waals surface area contributed by atoms with Crippen LogP contribution in [-0.4, -0.2) is 64.1 Å². The number of halogens is 6. The van der Waals surface area contributed by atoms with Gasteiger partial charge in [0.25, 0.3) is 11.8 Å². The van der Waals surface area contributed by atoms with Crippen molar-refractivity contribution in [1.82, 2.24) is 14.8 Å². The Morgan fingerprint density at radius 3 is 1.43 bits per heavy atom. The highest BCUT2D eigenvalue weighted by molar-refractivity contribution is 5.99. The van der Waals surface area contributed by atoms with Gasteiger partial charge in [-0.15, -0.1) is 0 Å². The third kappa shape index (κ3) is 5.35. The third-order valence-corrected chi connectivity index (χ3v) is 4.32. The fourth-order valence-corrected chi connectivity index (χ4v) is 2.55. The van der Waals surface area contributed by atoms with Crippen molar-refractivity contribution in [3.05, 3.63) is 29.6 Å². The summed E-state index contributed by atoms with van der Waals surface area (Å²) in [4.78, 5) is 29.6. The summed E-state index contributed by atoms with van der Waals surface area (Å²) in [6.45, 7) is 3.81. The van der Waals surface area contributed by atoms with Gasteiger partial charge in [-0.05, 0) is 33.8 Å². The van der Waals surface area contributed by atoms with E-state index in [1.807, 2.05) is 0 Å². The molecule has 0 N–H and O–H groups in total. The molecule has 1 heterocycles. The first kappa shape index (κ1) is 23.7. The van der Waals surface area contributed by atoms with Crippen molar-refractivity contribution >= 4 is 11.8 Å². The van der Waals surface area contributed by atoms with Crippen LogP contribution >= 0.6 is 0 Å². The Balaban J connectivity index is 3.20. The lowest BCUT2D eigenvalue weighted by Crippen LogP contribution is -2.47. The van der Waals surface area contributed by atoms with Crippen molar-refractivity contribution in [1.29, 1.82) is 0 Å². The van der Waals surface area contributed by atoms with Crippen LogP contribution in [0, 0.1) is 0 Å². The predicted octanol–water partition coefficient (Wildman–Crippen LogP) is 3.91. The van der Waals surface area contributed by atoms with E-state index in [1.54, 1.807) is 0 Å². The molecule has 1 rings (SSSR count). The largest absolute Gasteiger partial charge is 0.408 e. The minimum absolute atomic E-state index is 0.260. The molecule has 11 heteroatoms. The molecule has 158 valence electrons. The number of amides is 2. The van der Waals surface area contributed by atoms with E-state index in [2.05, 4.69) is 4.98 Å². The van der Waals surface area contributed by atoms with Gasteiger partial charge in [0.15, 0.2) is 0 Å². The number of nitrogens with zero attached hydrogens (tertiary/aromatic N) is 3. The van der Waals surface area contributed by atoms with Crippen LogP contribution in [0.4, 0.5) is 26.3 Å². The number of carbonyl (C=O) groups is 2. The van der Waals surface area contributed by atoms with Crippen LogP contribution in [0.3, 0.4) is 0 Å². The maximum Gasteiger partial charge on any atom is 0.408 e.